The first-order valence-electron chi connectivity index (χ1n) is 5.75. The van der Waals surface area contributed by atoms with Crippen LogP contribution in [0.4, 0.5) is 13.2 Å². The molecular formula is C11H14F3IN2O2. The molecule has 8 heteroatoms. The van der Waals surface area contributed by atoms with E-state index in [1.165, 1.54) is 0 Å². The smallest absolute Gasteiger partial charge is 0.372 e. The lowest BCUT2D eigenvalue weighted by Gasteiger charge is -2.08. The summed E-state index contributed by atoms with van der Waals surface area (Å²) in [5, 5.41) is 0. The summed E-state index contributed by atoms with van der Waals surface area (Å²) >= 11 is 1.91. The number of hydrogen-bond donors (Lipinski definition) is 1. The van der Waals surface area contributed by atoms with E-state index in [-0.39, 0.29) is 18.6 Å². The number of nitrogens with zero attached hydrogens (tertiary/aromatic N) is 1. The molecule has 0 spiro atoms. The van der Waals surface area contributed by atoms with Crippen LogP contribution < -0.4 is 5.56 Å². The summed E-state index contributed by atoms with van der Waals surface area (Å²) in [6.07, 6.45) is -2.67. The van der Waals surface area contributed by atoms with E-state index >= 15 is 0 Å². The number of rotatable bonds is 6. The van der Waals surface area contributed by atoms with Gasteiger partial charge in [0.25, 0.3) is 5.56 Å². The summed E-state index contributed by atoms with van der Waals surface area (Å²) in [7, 11) is 0. The van der Waals surface area contributed by atoms with Crippen molar-refractivity contribution in [2.75, 3.05) is 13.2 Å². The van der Waals surface area contributed by atoms with Gasteiger partial charge in [0.15, 0.2) is 0 Å². The zero-order valence-electron chi connectivity index (χ0n) is 10.3. The Morgan fingerprint density at radius 2 is 2.05 bits per heavy atom. The molecule has 0 saturated carbocycles. The molecule has 1 rings (SSSR count). The van der Waals surface area contributed by atoms with Gasteiger partial charge in [0.1, 0.15) is 12.4 Å². The summed E-state index contributed by atoms with van der Waals surface area (Å²) in [6, 6.07) is 0. The molecule has 1 heterocycles. The third-order valence-corrected chi connectivity index (χ3v) is 3.33. The predicted molar refractivity (Wildman–Crippen MR) is 72.1 cm³/mol. The lowest BCUT2D eigenvalue weighted by atomic mass is 10.2. The van der Waals surface area contributed by atoms with E-state index < -0.39 is 12.8 Å². The van der Waals surface area contributed by atoms with Gasteiger partial charge in [0, 0.05) is 6.42 Å². The number of alkyl halides is 3. The maximum atomic E-state index is 11.9. The molecule has 0 aromatic carbocycles. The van der Waals surface area contributed by atoms with Crippen molar-refractivity contribution in [2.24, 2.45) is 0 Å². The third-order valence-electron chi connectivity index (χ3n) is 2.22. The van der Waals surface area contributed by atoms with E-state index in [2.05, 4.69) is 14.7 Å². The van der Waals surface area contributed by atoms with Crippen molar-refractivity contribution in [3.05, 3.63) is 25.4 Å². The van der Waals surface area contributed by atoms with Crippen LogP contribution in [0.2, 0.25) is 0 Å². The Kier molecular flexibility index (Phi) is 6.24. The van der Waals surface area contributed by atoms with Crippen LogP contribution in [-0.2, 0) is 17.6 Å². The quantitative estimate of drug-likeness (QED) is 0.600. The maximum absolute atomic E-state index is 11.9. The third kappa shape index (κ3) is 5.89. The number of H-pyrrole nitrogens is 1. The van der Waals surface area contributed by atoms with Crippen LogP contribution >= 0.6 is 22.6 Å². The molecule has 108 valence electrons. The number of aryl methyl sites for hydroxylation is 1. The number of hydrogen-bond acceptors (Lipinski definition) is 3. The van der Waals surface area contributed by atoms with E-state index in [1.807, 2.05) is 29.5 Å². The van der Waals surface area contributed by atoms with Crippen molar-refractivity contribution in [2.45, 2.75) is 32.4 Å². The minimum Gasteiger partial charge on any atom is -0.372 e. The van der Waals surface area contributed by atoms with Crippen LogP contribution in [0.1, 0.15) is 24.9 Å². The van der Waals surface area contributed by atoms with Crippen LogP contribution in [0.25, 0.3) is 0 Å². The second kappa shape index (κ2) is 7.22. The highest BCUT2D eigenvalue weighted by molar-refractivity contribution is 14.1. The van der Waals surface area contributed by atoms with Gasteiger partial charge in [0.05, 0.1) is 15.9 Å². The molecule has 0 amide bonds. The fraction of sp³-hybridized carbons (Fsp3) is 0.636. The average molecular weight is 390 g/mol. The Labute approximate surface area is 121 Å². The maximum Gasteiger partial charge on any atom is 0.411 e. The minimum atomic E-state index is -4.33. The second-order valence-corrected chi connectivity index (χ2v) is 5.02. The molecule has 0 aliphatic rings. The lowest BCUT2D eigenvalue weighted by Crippen LogP contribution is -2.21. The van der Waals surface area contributed by atoms with Gasteiger partial charge in [-0.2, -0.15) is 13.2 Å². The van der Waals surface area contributed by atoms with Crippen molar-refractivity contribution in [3.8, 4) is 0 Å². The van der Waals surface area contributed by atoms with Crippen LogP contribution in [0.15, 0.2) is 4.79 Å². The summed E-state index contributed by atoms with van der Waals surface area (Å²) in [6.45, 7) is 0.545. The molecule has 0 atom stereocenters. The van der Waals surface area contributed by atoms with Gasteiger partial charge in [-0.05, 0) is 29.0 Å². The molecule has 4 nitrogen and oxygen atoms in total. The summed E-state index contributed by atoms with van der Waals surface area (Å²) in [4.78, 5) is 18.4. The Morgan fingerprint density at radius 3 is 2.63 bits per heavy atom. The molecule has 19 heavy (non-hydrogen) atoms. The molecule has 1 N–H and O–H groups in total. The van der Waals surface area contributed by atoms with Gasteiger partial charge in [-0.3, -0.25) is 4.79 Å². The lowest BCUT2D eigenvalue weighted by molar-refractivity contribution is -0.173. The summed E-state index contributed by atoms with van der Waals surface area (Å²) < 4.78 is 40.6. The Hall–Kier alpha value is -0.640. The van der Waals surface area contributed by atoms with E-state index in [0.717, 1.165) is 6.42 Å². The Morgan fingerprint density at radius 1 is 1.37 bits per heavy atom. The fourth-order valence-corrected chi connectivity index (χ4v) is 1.96. The highest BCUT2D eigenvalue weighted by Crippen LogP contribution is 2.14. The highest BCUT2D eigenvalue weighted by Gasteiger charge is 2.27. The Bertz CT molecular complexity index is 474. The zero-order valence-corrected chi connectivity index (χ0v) is 12.5. The van der Waals surface area contributed by atoms with Crippen molar-refractivity contribution in [3.63, 3.8) is 0 Å². The van der Waals surface area contributed by atoms with Gasteiger partial charge in [-0.25, -0.2) is 4.98 Å². The van der Waals surface area contributed by atoms with Crippen LogP contribution in [0, 0.1) is 3.57 Å². The molecule has 0 saturated heterocycles. The first kappa shape index (κ1) is 16.4. The number of aromatic amines is 1. The summed E-state index contributed by atoms with van der Waals surface area (Å²) in [5.74, 6) is 0.357. The number of halogens is 4. The predicted octanol–water partition coefficient (Wildman–Crippen LogP) is 2.45. The Balaban J connectivity index is 2.62. The van der Waals surface area contributed by atoms with E-state index in [9.17, 15) is 18.0 Å². The van der Waals surface area contributed by atoms with Gasteiger partial charge >= 0.3 is 6.18 Å². The van der Waals surface area contributed by atoms with Crippen LogP contribution in [-0.4, -0.2) is 29.4 Å². The average Bonchev–Trinajstić information content (AvgIpc) is 2.30. The van der Waals surface area contributed by atoms with Crippen molar-refractivity contribution in [1.29, 1.82) is 0 Å². The van der Waals surface area contributed by atoms with E-state index in [4.69, 9.17) is 0 Å². The van der Waals surface area contributed by atoms with Crippen molar-refractivity contribution >= 4 is 22.6 Å². The van der Waals surface area contributed by atoms with Crippen LogP contribution in [0.5, 0.6) is 0 Å². The minimum absolute atomic E-state index is 0.130. The topological polar surface area (TPSA) is 55.0 Å². The van der Waals surface area contributed by atoms with E-state index in [1.54, 1.807) is 0 Å². The zero-order chi connectivity index (χ0) is 14.5. The fourth-order valence-electron chi connectivity index (χ4n) is 1.43. The molecule has 1 aromatic rings. The van der Waals surface area contributed by atoms with Gasteiger partial charge < -0.3 is 9.72 Å². The first-order chi connectivity index (χ1) is 8.83. The molecule has 0 unspecified atom stereocenters. The van der Waals surface area contributed by atoms with Crippen LogP contribution in [0.3, 0.4) is 0 Å². The SMILES string of the molecule is CCCc1nc(CCOCC(F)(F)F)[nH]c(=O)c1I. The molecule has 0 radical (unpaired) electrons. The number of aromatic nitrogens is 2. The van der Waals surface area contributed by atoms with E-state index in [0.29, 0.717) is 21.5 Å². The van der Waals surface area contributed by atoms with Crippen molar-refractivity contribution < 1.29 is 17.9 Å². The van der Waals surface area contributed by atoms with Gasteiger partial charge in [0.2, 0.25) is 0 Å². The molecule has 0 aliphatic heterocycles. The molecule has 0 fully saturated rings. The molecule has 0 aliphatic carbocycles. The second-order valence-electron chi connectivity index (χ2n) is 3.94. The number of nitrogens with one attached hydrogen (secondary N) is 1. The largest absolute Gasteiger partial charge is 0.411 e. The van der Waals surface area contributed by atoms with Crippen molar-refractivity contribution in [1.82, 2.24) is 9.97 Å². The summed E-state index contributed by atoms with van der Waals surface area (Å²) in [5.41, 5.74) is 0.419. The molecule has 1 aromatic heterocycles. The molecule has 0 bridgehead atoms. The monoisotopic (exact) mass is 390 g/mol. The van der Waals surface area contributed by atoms with Gasteiger partial charge in [-0.1, -0.05) is 13.3 Å². The first-order valence-corrected chi connectivity index (χ1v) is 6.83. The number of ether oxygens (including phenoxy) is 1. The normalized spacial score (nSPS) is 11.8. The molecular weight excluding hydrogens is 376 g/mol. The van der Waals surface area contributed by atoms with Gasteiger partial charge in [-0.15, -0.1) is 0 Å². The standard InChI is InChI=1S/C11H14F3IN2O2/c1-2-3-7-9(15)10(18)17-8(16-7)4-5-19-6-11(12,13)14/h2-6H2,1H3,(H,16,17,18). The highest BCUT2D eigenvalue weighted by atomic mass is 127.